The first-order valence-electron chi connectivity index (χ1n) is 8.87. The van der Waals surface area contributed by atoms with Gasteiger partial charge in [-0.05, 0) is 43.4 Å². The molecule has 2 amide bonds. The lowest BCUT2D eigenvalue weighted by molar-refractivity contribution is -0.119. The molecular formula is C19H18N4O4S. The first-order chi connectivity index (χ1) is 13.5. The second-order valence-electron chi connectivity index (χ2n) is 6.58. The van der Waals surface area contributed by atoms with Crippen LogP contribution in [-0.4, -0.2) is 34.6 Å². The number of aromatic nitrogens is 2. The minimum Gasteiger partial charge on any atom is -0.452 e. The van der Waals surface area contributed by atoms with Crippen LogP contribution in [0.2, 0.25) is 0 Å². The van der Waals surface area contributed by atoms with Crippen LogP contribution in [0.1, 0.15) is 44.0 Å². The van der Waals surface area contributed by atoms with Crippen molar-refractivity contribution in [2.24, 2.45) is 5.73 Å². The van der Waals surface area contributed by atoms with E-state index in [1.807, 2.05) is 0 Å². The summed E-state index contributed by atoms with van der Waals surface area (Å²) in [4.78, 5) is 37.4. The Morgan fingerprint density at radius 2 is 2.07 bits per heavy atom. The van der Waals surface area contributed by atoms with Gasteiger partial charge in [0.2, 0.25) is 0 Å². The molecule has 0 spiro atoms. The summed E-state index contributed by atoms with van der Waals surface area (Å²) in [6.45, 7) is -0.458. The summed E-state index contributed by atoms with van der Waals surface area (Å²) in [6, 6.07) is 4.96. The quantitative estimate of drug-likeness (QED) is 0.569. The second-order valence-corrected chi connectivity index (χ2v) is 7.68. The van der Waals surface area contributed by atoms with Crippen molar-refractivity contribution >= 4 is 45.0 Å². The SMILES string of the molecule is NC(=O)c1c(NC(=O)COC(=O)c2ccc3cn[nH]c3c2)sc2c1CCCC2. The summed E-state index contributed by atoms with van der Waals surface area (Å²) in [5, 5.41) is 10.6. The van der Waals surface area contributed by atoms with Gasteiger partial charge in [-0.3, -0.25) is 14.7 Å². The van der Waals surface area contributed by atoms with Gasteiger partial charge < -0.3 is 15.8 Å². The Morgan fingerprint density at radius 1 is 1.25 bits per heavy atom. The highest BCUT2D eigenvalue weighted by atomic mass is 32.1. The van der Waals surface area contributed by atoms with Crippen LogP contribution in [0, 0.1) is 0 Å². The molecule has 144 valence electrons. The smallest absolute Gasteiger partial charge is 0.338 e. The fourth-order valence-corrected chi connectivity index (χ4v) is 4.67. The average Bonchev–Trinajstić information content (AvgIpc) is 3.29. The normalized spacial score (nSPS) is 13.1. The molecule has 0 aliphatic heterocycles. The van der Waals surface area contributed by atoms with Crippen LogP contribution in [0.25, 0.3) is 10.9 Å². The number of amides is 2. The maximum absolute atomic E-state index is 12.3. The Hall–Kier alpha value is -3.20. The minimum absolute atomic E-state index is 0.314. The van der Waals surface area contributed by atoms with E-state index in [2.05, 4.69) is 15.5 Å². The van der Waals surface area contributed by atoms with Crippen molar-refractivity contribution in [1.29, 1.82) is 0 Å². The van der Waals surface area contributed by atoms with Crippen molar-refractivity contribution in [2.75, 3.05) is 11.9 Å². The Labute approximate surface area is 164 Å². The first-order valence-corrected chi connectivity index (χ1v) is 9.69. The molecule has 4 N–H and O–H groups in total. The van der Waals surface area contributed by atoms with E-state index in [0.29, 0.717) is 21.6 Å². The summed E-state index contributed by atoms with van der Waals surface area (Å²) in [7, 11) is 0. The number of H-pyrrole nitrogens is 1. The number of aryl methyl sites for hydroxylation is 1. The Bertz CT molecular complexity index is 1080. The van der Waals surface area contributed by atoms with Gasteiger partial charge in [0.05, 0.1) is 22.8 Å². The zero-order valence-electron chi connectivity index (χ0n) is 14.9. The third-order valence-corrected chi connectivity index (χ3v) is 5.89. The number of ether oxygens (including phenoxy) is 1. The third-order valence-electron chi connectivity index (χ3n) is 4.68. The number of thiophene rings is 1. The zero-order valence-corrected chi connectivity index (χ0v) is 15.7. The van der Waals surface area contributed by atoms with Crippen LogP contribution in [0.3, 0.4) is 0 Å². The van der Waals surface area contributed by atoms with E-state index in [-0.39, 0.29) is 0 Å². The van der Waals surface area contributed by atoms with Crippen LogP contribution >= 0.6 is 11.3 Å². The molecule has 0 bridgehead atoms. The molecule has 0 fully saturated rings. The number of anilines is 1. The van der Waals surface area contributed by atoms with E-state index in [9.17, 15) is 14.4 Å². The van der Waals surface area contributed by atoms with E-state index in [1.165, 1.54) is 11.3 Å². The lowest BCUT2D eigenvalue weighted by Crippen LogP contribution is -2.23. The molecule has 2 heterocycles. The van der Waals surface area contributed by atoms with Crippen LogP contribution in [0.15, 0.2) is 24.4 Å². The number of hydrogen-bond donors (Lipinski definition) is 3. The van der Waals surface area contributed by atoms with E-state index in [0.717, 1.165) is 41.5 Å². The highest BCUT2D eigenvalue weighted by Gasteiger charge is 2.25. The maximum atomic E-state index is 12.3. The molecule has 4 rings (SSSR count). The zero-order chi connectivity index (χ0) is 19.7. The van der Waals surface area contributed by atoms with Crippen molar-refractivity contribution in [3.05, 3.63) is 46.0 Å². The van der Waals surface area contributed by atoms with Gasteiger partial charge >= 0.3 is 5.97 Å². The molecule has 0 radical (unpaired) electrons. The number of hydrogen-bond acceptors (Lipinski definition) is 6. The topological polar surface area (TPSA) is 127 Å². The number of nitrogens with two attached hydrogens (primary N) is 1. The summed E-state index contributed by atoms with van der Waals surface area (Å²) in [5.74, 6) is -1.69. The van der Waals surface area contributed by atoms with Gasteiger partial charge in [0, 0.05) is 10.3 Å². The molecule has 2 aromatic heterocycles. The van der Waals surface area contributed by atoms with Crippen molar-refractivity contribution in [3.63, 3.8) is 0 Å². The molecule has 1 aliphatic rings. The van der Waals surface area contributed by atoms with Gasteiger partial charge in [-0.1, -0.05) is 6.07 Å². The molecular weight excluding hydrogens is 380 g/mol. The average molecular weight is 398 g/mol. The maximum Gasteiger partial charge on any atom is 0.338 e. The summed E-state index contributed by atoms with van der Waals surface area (Å²) in [5.41, 5.74) is 7.85. The van der Waals surface area contributed by atoms with Gasteiger partial charge in [0.1, 0.15) is 5.00 Å². The minimum atomic E-state index is -0.618. The molecule has 0 saturated carbocycles. The van der Waals surface area contributed by atoms with E-state index in [1.54, 1.807) is 24.4 Å². The molecule has 1 aliphatic carbocycles. The Balaban J connectivity index is 1.42. The van der Waals surface area contributed by atoms with E-state index in [4.69, 9.17) is 10.5 Å². The highest BCUT2D eigenvalue weighted by molar-refractivity contribution is 7.17. The lowest BCUT2D eigenvalue weighted by atomic mass is 9.95. The second kappa shape index (κ2) is 7.43. The third kappa shape index (κ3) is 3.48. The monoisotopic (exact) mass is 398 g/mol. The molecule has 1 aromatic carbocycles. The van der Waals surface area contributed by atoms with E-state index >= 15 is 0 Å². The standard InChI is InChI=1S/C19H18N4O4S/c20-17(25)16-12-3-1-2-4-14(12)28-18(16)22-15(24)9-27-19(26)10-5-6-11-8-21-23-13(11)7-10/h5-8H,1-4,9H2,(H2,20,25)(H,21,23)(H,22,24). The lowest BCUT2D eigenvalue weighted by Gasteiger charge is -2.11. The number of nitrogens with zero attached hydrogens (tertiary/aromatic N) is 1. The molecule has 0 unspecified atom stereocenters. The first kappa shape index (κ1) is 18.2. The van der Waals surface area contributed by atoms with Crippen LogP contribution < -0.4 is 11.1 Å². The molecule has 28 heavy (non-hydrogen) atoms. The number of aromatic amines is 1. The number of esters is 1. The van der Waals surface area contributed by atoms with Gasteiger partial charge in [0.15, 0.2) is 6.61 Å². The number of primary amides is 1. The summed E-state index contributed by atoms with van der Waals surface area (Å²) in [6.07, 6.45) is 5.36. The van der Waals surface area contributed by atoms with Gasteiger partial charge in [-0.2, -0.15) is 5.10 Å². The van der Waals surface area contributed by atoms with Gasteiger partial charge in [-0.25, -0.2) is 4.79 Å². The molecule has 3 aromatic rings. The van der Waals surface area contributed by atoms with Crippen molar-refractivity contribution in [1.82, 2.24) is 10.2 Å². The predicted molar refractivity (Wildman–Crippen MR) is 104 cm³/mol. The molecule has 0 saturated heterocycles. The number of benzene rings is 1. The fourth-order valence-electron chi connectivity index (χ4n) is 3.36. The molecule has 0 atom stereocenters. The van der Waals surface area contributed by atoms with Crippen molar-refractivity contribution in [3.8, 4) is 0 Å². The van der Waals surface area contributed by atoms with Crippen LogP contribution in [0.4, 0.5) is 5.00 Å². The predicted octanol–water partition coefficient (Wildman–Crippen LogP) is 2.40. The Kier molecular flexibility index (Phi) is 4.82. The van der Waals surface area contributed by atoms with Crippen molar-refractivity contribution in [2.45, 2.75) is 25.7 Å². The number of carbonyl (C=O) groups excluding carboxylic acids is 3. The largest absolute Gasteiger partial charge is 0.452 e. The van der Waals surface area contributed by atoms with Gasteiger partial charge in [-0.15, -0.1) is 11.3 Å². The number of fused-ring (bicyclic) bond motifs is 2. The van der Waals surface area contributed by atoms with E-state index < -0.39 is 24.4 Å². The molecule has 9 heteroatoms. The fraction of sp³-hybridized carbons (Fsp3) is 0.263. The van der Waals surface area contributed by atoms with Crippen LogP contribution in [-0.2, 0) is 22.4 Å². The van der Waals surface area contributed by atoms with Crippen LogP contribution in [0.5, 0.6) is 0 Å². The molecule has 8 nitrogen and oxygen atoms in total. The summed E-state index contributed by atoms with van der Waals surface area (Å²) < 4.78 is 5.09. The number of rotatable bonds is 5. The number of nitrogens with one attached hydrogen (secondary N) is 2. The van der Waals surface area contributed by atoms with Gasteiger partial charge in [0.25, 0.3) is 11.8 Å². The van der Waals surface area contributed by atoms with Crippen molar-refractivity contribution < 1.29 is 19.1 Å². The number of carbonyl (C=O) groups is 3. The summed E-state index contributed by atoms with van der Waals surface area (Å²) >= 11 is 1.37. The highest BCUT2D eigenvalue weighted by Crippen LogP contribution is 2.37. The Morgan fingerprint density at radius 3 is 2.89 bits per heavy atom.